The van der Waals surface area contributed by atoms with Crippen molar-refractivity contribution in [1.29, 1.82) is 0 Å². The maximum absolute atomic E-state index is 11.9. The Bertz CT molecular complexity index is 388. The third-order valence-electron chi connectivity index (χ3n) is 3.35. The van der Waals surface area contributed by atoms with Crippen LogP contribution in [0.1, 0.15) is 12.8 Å². The maximum Gasteiger partial charge on any atom is 0.236 e. The Morgan fingerprint density at radius 3 is 2.63 bits per heavy atom. The highest BCUT2D eigenvalue weighted by Gasteiger charge is 2.18. The molecule has 1 heterocycles. The van der Waals surface area contributed by atoms with Crippen molar-refractivity contribution in [2.45, 2.75) is 12.8 Å². The molecule has 1 aliphatic rings. The van der Waals surface area contributed by atoms with Crippen LogP contribution in [0, 0.1) is 0 Å². The lowest BCUT2D eigenvalue weighted by molar-refractivity contribution is -0.131. The third-order valence-corrected chi connectivity index (χ3v) is 3.35. The van der Waals surface area contributed by atoms with Gasteiger partial charge in [-0.25, -0.2) is 0 Å². The number of amides is 1. The number of nitrogens with zero attached hydrogens (tertiary/aromatic N) is 2. The van der Waals surface area contributed by atoms with E-state index in [0.717, 1.165) is 38.2 Å². The van der Waals surface area contributed by atoms with Crippen LogP contribution >= 0.6 is 0 Å². The second-order valence-electron chi connectivity index (χ2n) is 4.99. The molecule has 104 valence electrons. The first kappa shape index (κ1) is 13.9. The van der Waals surface area contributed by atoms with Gasteiger partial charge in [-0.3, -0.25) is 9.69 Å². The smallest absolute Gasteiger partial charge is 0.236 e. The summed E-state index contributed by atoms with van der Waals surface area (Å²) in [6.07, 6.45) is 2.29. The fourth-order valence-corrected chi connectivity index (χ4v) is 2.21. The van der Waals surface area contributed by atoms with Crippen LogP contribution in [-0.4, -0.2) is 55.5 Å². The monoisotopic (exact) mass is 262 g/mol. The quantitative estimate of drug-likeness (QED) is 0.781. The van der Waals surface area contributed by atoms with Crippen LogP contribution in [0.3, 0.4) is 0 Å². The molecular formula is C15H22N2O2. The van der Waals surface area contributed by atoms with Crippen molar-refractivity contribution in [3.8, 4) is 5.75 Å². The first-order valence-corrected chi connectivity index (χ1v) is 6.90. The van der Waals surface area contributed by atoms with E-state index in [1.807, 2.05) is 47.2 Å². The molecule has 0 saturated carbocycles. The zero-order chi connectivity index (χ0) is 13.5. The maximum atomic E-state index is 11.9. The van der Waals surface area contributed by atoms with Crippen molar-refractivity contribution in [2.24, 2.45) is 0 Å². The number of benzene rings is 1. The van der Waals surface area contributed by atoms with E-state index >= 15 is 0 Å². The van der Waals surface area contributed by atoms with Gasteiger partial charge in [0, 0.05) is 19.6 Å². The van der Waals surface area contributed by atoms with E-state index in [2.05, 4.69) is 0 Å². The fraction of sp³-hybridized carbons (Fsp3) is 0.533. The Morgan fingerprint density at radius 2 is 1.95 bits per heavy atom. The molecule has 0 N–H and O–H groups in total. The van der Waals surface area contributed by atoms with E-state index < -0.39 is 0 Å². The second kappa shape index (κ2) is 7.14. The molecule has 2 rings (SSSR count). The lowest BCUT2D eigenvalue weighted by atomic mass is 10.3. The number of carbonyl (C=O) groups excluding carboxylic acids is 1. The third kappa shape index (κ3) is 4.56. The molecule has 0 atom stereocenters. The Morgan fingerprint density at radius 1 is 1.26 bits per heavy atom. The number of hydrogen-bond acceptors (Lipinski definition) is 3. The number of likely N-dealkylation sites (N-methyl/N-ethyl adjacent to an activating group) is 1. The van der Waals surface area contributed by atoms with Gasteiger partial charge in [-0.15, -0.1) is 0 Å². The predicted octanol–water partition coefficient (Wildman–Crippen LogP) is 1.62. The molecule has 0 unspecified atom stereocenters. The van der Waals surface area contributed by atoms with Crippen LogP contribution < -0.4 is 4.74 Å². The van der Waals surface area contributed by atoms with Crippen molar-refractivity contribution < 1.29 is 9.53 Å². The van der Waals surface area contributed by atoms with E-state index in [9.17, 15) is 4.79 Å². The molecule has 1 aromatic carbocycles. The van der Waals surface area contributed by atoms with Crippen LogP contribution in [-0.2, 0) is 4.79 Å². The van der Waals surface area contributed by atoms with Gasteiger partial charge in [0.2, 0.25) is 5.91 Å². The molecule has 4 heteroatoms. The van der Waals surface area contributed by atoms with Gasteiger partial charge in [0.25, 0.3) is 0 Å². The predicted molar refractivity (Wildman–Crippen MR) is 75.2 cm³/mol. The first-order valence-electron chi connectivity index (χ1n) is 6.90. The zero-order valence-corrected chi connectivity index (χ0v) is 11.5. The minimum atomic E-state index is 0.236. The van der Waals surface area contributed by atoms with Crippen molar-refractivity contribution in [1.82, 2.24) is 9.80 Å². The van der Waals surface area contributed by atoms with E-state index in [0.29, 0.717) is 13.2 Å². The lowest BCUT2D eigenvalue weighted by Gasteiger charge is -2.21. The van der Waals surface area contributed by atoms with E-state index in [1.54, 1.807) is 0 Å². The molecule has 1 amide bonds. The number of carbonyl (C=O) groups is 1. The van der Waals surface area contributed by atoms with Gasteiger partial charge in [0.15, 0.2) is 0 Å². The van der Waals surface area contributed by atoms with Gasteiger partial charge >= 0.3 is 0 Å². The molecule has 1 aromatic rings. The second-order valence-corrected chi connectivity index (χ2v) is 4.99. The molecule has 1 aliphatic heterocycles. The van der Waals surface area contributed by atoms with Crippen LogP contribution in [0.5, 0.6) is 5.75 Å². The van der Waals surface area contributed by atoms with E-state index in [4.69, 9.17) is 4.74 Å². The molecule has 0 spiro atoms. The number of likely N-dealkylation sites (tertiary alicyclic amines) is 1. The number of ether oxygens (including phenoxy) is 1. The summed E-state index contributed by atoms with van der Waals surface area (Å²) < 4.78 is 5.62. The van der Waals surface area contributed by atoms with Gasteiger partial charge in [-0.1, -0.05) is 18.2 Å². The number of para-hydroxylation sites is 1. The normalized spacial score (nSPS) is 14.9. The highest BCUT2D eigenvalue weighted by Crippen LogP contribution is 2.09. The van der Waals surface area contributed by atoms with Crippen molar-refractivity contribution in [3.05, 3.63) is 30.3 Å². The molecule has 1 fully saturated rings. The van der Waals surface area contributed by atoms with Crippen molar-refractivity contribution in [3.63, 3.8) is 0 Å². The molecule has 1 saturated heterocycles. The highest BCUT2D eigenvalue weighted by atomic mass is 16.5. The summed E-state index contributed by atoms with van der Waals surface area (Å²) in [4.78, 5) is 15.9. The van der Waals surface area contributed by atoms with Gasteiger partial charge in [-0.05, 0) is 32.0 Å². The van der Waals surface area contributed by atoms with Crippen LogP contribution in [0.2, 0.25) is 0 Å². The molecule has 4 nitrogen and oxygen atoms in total. The molecule has 0 aromatic heterocycles. The summed E-state index contributed by atoms with van der Waals surface area (Å²) in [5.74, 6) is 1.11. The van der Waals surface area contributed by atoms with Crippen LogP contribution in [0.15, 0.2) is 30.3 Å². The Balaban J connectivity index is 1.64. The Kier molecular flexibility index (Phi) is 5.21. The first-order chi connectivity index (χ1) is 9.25. The Hall–Kier alpha value is -1.55. The average molecular weight is 262 g/mol. The summed E-state index contributed by atoms with van der Waals surface area (Å²) in [6.45, 7) is 3.70. The summed E-state index contributed by atoms with van der Waals surface area (Å²) in [5, 5.41) is 0. The molecule has 0 radical (unpaired) electrons. The van der Waals surface area contributed by atoms with E-state index in [-0.39, 0.29) is 5.91 Å². The Labute approximate surface area is 115 Å². The van der Waals surface area contributed by atoms with Gasteiger partial charge in [0.1, 0.15) is 12.4 Å². The standard InChI is InChI=1S/C15H22N2O2/c1-16(13-15(18)17-9-5-6-10-17)11-12-19-14-7-3-2-4-8-14/h2-4,7-8H,5-6,9-13H2,1H3. The minimum Gasteiger partial charge on any atom is -0.492 e. The SMILES string of the molecule is CN(CCOc1ccccc1)CC(=O)N1CCCC1. The number of hydrogen-bond donors (Lipinski definition) is 0. The van der Waals surface area contributed by atoms with Crippen molar-refractivity contribution in [2.75, 3.05) is 39.8 Å². The fourth-order valence-electron chi connectivity index (χ4n) is 2.21. The van der Waals surface area contributed by atoms with E-state index in [1.165, 1.54) is 0 Å². The zero-order valence-electron chi connectivity index (χ0n) is 11.5. The molecule has 0 aliphatic carbocycles. The summed E-state index contributed by atoms with van der Waals surface area (Å²) in [7, 11) is 1.96. The summed E-state index contributed by atoms with van der Waals surface area (Å²) in [5.41, 5.74) is 0. The largest absolute Gasteiger partial charge is 0.492 e. The lowest BCUT2D eigenvalue weighted by Crippen LogP contribution is -2.38. The highest BCUT2D eigenvalue weighted by molar-refractivity contribution is 5.78. The minimum absolute atomic E-state index is 0.236. The van der Waals surface area contributed by atoms with Gasteiger partial charge in [-0.2, -0.15) is 0 Å². The van der Waals surface area contributed by atoms with Gasteiger partial charge in [0.05, 0.1) is 6.54 Å². The van der Waals surface area contributed by atoms with Gasteiger partial charge < -0.3 is 9.64 Å². The van der Waals surface area contributed by atoms with Crippen LogP contribution in [0.25, 0.3) is 0 Å². The van der Waals surface area contributed by atoms with Crippen molar-refractivity contribution >= 4 is 5.91 Å². The average Bonchev–Trinajstić information content (AvgIpc) is 2.94. The summed E-state index contributed by atoms with van der Waals surface area (Å²) >= 11 is 0. The number of rotatable bonds is 6. The molecule has 19 heavy (non-hydrogen) atoms. The van der Waals surface area contributed by atoms with Crippen LogP contribution in [0.4, 0.5) is 0 Å². The molecule has 0 bridgehead atoms. The topological polar surface area (TPSA) is 32.8 Å². The summed E-state index contributed by atoms with van der Waals surface area (Å²) in [6, 6.07) is 9.75. The molecular weight excluding hydrogens is 240 g/mol.